The lowest BCUT2D eigenvalue weighted by atomic mass is 9.95. The number of nitrogens with zero attached hydrogens (tertiary/aromatic N) is 2. The molecule has 1 aromatic carbocycles. The van der Waals surface area contributed by atoms with Crippen molar-refractivity contribution in [3.63, 3.8) is 0 Å². The van der Waals surface area contributed by atoms with Crippen molar-refractivity contribution in [2.45, 2.75) is 32.1 Å². The number of thiazole rings is 1. The molecule has 146 valence electrons. The van der Waals surface area contributed by atoms with Crippen LogP contribution in [-0.2, 0) is 11.2 Å². The van der Waals surface area contributed by atoms with Gasteiger partial charge in [0, 0.05) is 31.0 Å². The van der Waals surface area contributed by atoms with Gasteiger partial charge in [0.25, 0.3) is 5.91 Å². The summed E-state index contributed by atoms with van der Waals surface area (Å²) >= 11 is 1.25. The van der Waals surface area contributed by atoms with Crippen LogP contribution in [0.2, 0.25) is 0 Å². The van der Waals surface area contributed by atoms with Crippen molar-refractivity contribution in [1.29, 1.82) is 0 Å². The second-order valence-corrected chi connectivity index (χ2v) is 8.13. The largest absolute Gasteiger partial charge is 0.339 e. The van der Waals surface area contributed by atoms with Gasteiger partial charge in [0.05, 0.1) is 10.6 Å². The molecular weight excluding hydrogens is 381 g/mol. The number of amides is 2. The van der Waals surface area contributed by atoms with Crippen LogP contribution in [0.1, 0.15) is 51.4 Å². The topological polar surface area (TPSA) is 79.4 Å². The van der Waals surface area contributed by atoms with Gasteiger partial charge in [0.15, 0.2) is 10.9 Å². The minimum atomic E-state index is -0.377. The summed E-state index contributed by atoms with van der Waals surface area (Å²) in [6.45, 7) is 0.947. The summed E-state index contributed by atoms with van der Waals surface area (Å²) in [5.41, 5.74) is 1.23. The molecular formula is C20H20FN3O3S. The number of aromatic nitrogens is 1. The monoisotopic (exact) mass is 401 g/mol. The van der Waals surface area contributed by atoms with Crippen molar-refractivity contribution in [2.24, 2.45) is 5.92 Å². The van der Waals surface area contributed by atoms with E-state index in [4.69, 9.17) is 0 Å². The van der Waals surface area contributed by atoms with Crippen LogP contribution in [-0.4, -0.2) is 40.6 Å². The van der Waals surface area contributed by atoms with Gasteiger partial charge in [0.2, 0.25) is 5.91 Å². The molecule has 8 heteroatoms. The Balaban J connectivity index is 1.33. The van der Waals surface area contributed by atoms with Crippen LogP contribution in [0.4, 0.5) is 9.52 Å². The number of carbonyl (C=O) groups excluding carboxylic acids is 3. The summed E-state index contributed by atoms with van der Waals surface area (Å²) in [5, 5.41) is 3.32. The van der Waals surface area contributed by atoms with E-state index >= 15 is 0 Å². The number of hydrogen-bond donors (Lipinski definition) is 1. The maximum absolute atomic E-state index is 13.0. The number of anilines is 1. The third-order valence-electron chi connectivity index (χ3n) is 5.24. The minimum Gasteiger partial charge on any atom is -0.339 e. The van der Waals surface area contributed by atoms with Crippen LogP contribution in [0, 0.1) is 11.7 Å². The number of likely N-dealkylation sites (tertiary alicyclic amines) is 1. The minimum absolute atomic E-state index is 0.104. The Bertz CT molecular complexity index is 917. The number of nitrogens with one attached hydrogen (secondary N) is 1. The van der Waals surface area contributed by atoms with E-state index < -0.39 is 0 Å². The fourth-order valence-corrected chi connectivity index (χ4v) is 4.63. The number of hydrogen-bond acceptors (Lipinski definition) is 5. The van der Waals surface area contributed by atoms with Gasteiger partial charge in [-0.3, -0.25) is 14.4 Å². The predicted molar refractivity (Wildman–Crippen MR) is 103 cm³/mol. The molecule has 0 saturated carbocycles. The molecule has 1 N–H and O–H groups in total. The van der Waals surface area contributed by atoms with Gasteiger partial charge in [-0.15, -0.1) is 0 Å². The highest BCUT2D eigenvalue weighted by Crippen LogP contribution is 2.30. The average molecular weight is 401 g/mol. The van der Waals surface area contributed by atoms with E-state index in [0.717, 1.165) is 18.5 Å². The van der Waals surface area contributed by atoms with E-state index in [1.807, 2.05) is 0 Å². The van der Waals surface area contributed by atoms with Crippen LogP contribution in [0.15, 0.2) is 24.3 Å². The molecule has 4 rings (SSSR count). The zero-order chi connectivity index (χ0) is 19.7. The quantitative estimate of drug-likeness (QED) is 0.856. The van der Waals surface area contributed by atoms with E-state index in [-0.39, 0.29) is 29.3 Å². The fourth-order valence-electron chi connectivity index (χ4n) is 3.65. The molecule has 6 nitrogen and oxygen atoms in total. The van der Waals surface area contributed by atoms with Crippen LogP contribution in [0.25, 0.3) is 0 Å². The Morgan fingerprint density at radius 2 is 1.86 bits per heavy atom. The highest BCUT2D eigenvalue weighted by atomic mass is 32.1. The molecule has 2 aliphatic rings. The van der Waals surface area contributed by atoms with Crippen molar-refractivity contribution >= 4 is 34.1 Å². The molecule has 1 fully saturated rings. The number of piperidine rings is 1. The number of fused-ring (bicyclic) bond motifs is 1. The third kappa shape index (κ3) is 3.82. The van der Waals surface area contributed by atoms with Gasteiger partial charge in [-0.2, -0.15) is 0 Å². The summed E-state index contributed by atoms with van der Waals surface area (Å²) in [6, 6.07) is 5.49. The van der Waals surface area contributed by atoms with E-state index in [0.29, 0.717) is 47.9 Å². The zero-order valence-corrected chi connectivity index (χ0v) is 16.1. The van der Waals surface area contributed by atoms with Crippen LogP contribution >= 0.6 is 11.3 Å². The molecule has 0 spiro atoms. The first-order valence-corrected chi connectivity index (χ1v) is 10.2. The van der Waals surface area contributed by atoms with Gasteiger partial charge in [-0.05, 0) is 49.9 Å². The summed E-state index contributed by atoms with van der Waals surface area (Å²) < 4.78 is 13.0. The molecule has 0 bridgehead atoms. The smallest absolute Gasteiger partial charge is 0.253 e. The van der Waals surface area contributed by atoms with E-state index in [1.54, 1.807) is 4.90 Å². The average Bonchev–Trinajstić information content (AvgIpc) is 3.12. The molecule has 0 radical (unpaired) electrons. The van der Waals surface area contributed by atoms with Crippen molar-refractivity contribution in [3.8, 4) is 0 Å². The number of carbonyl (C=O) groups is 3. The molecule has 1 aliphatic heterocycles. The van der Waals surface area contributed by atoms with Gasteiger partial charge >= 0.3 is 0 Å². The molecule has 1 aliphatic carbocycles. The fraction of sp³-hybridized carbons (Fsp3) is 0.400. The van der Waals surface area contributed by atoms with E-state index in [9.17, 15) is 18.8 Å². The molecule has 2 amide bonds. The Morgan fingerprint density at radius 1 is 1.14 bits per heavy atom. The highest BCUT2D eigenvalue weighted by Gasteiger charge is 2.29. The number of benzene rings is 1. The first kappa shape index (κ1) is 18.7. The predicted octanol–water partition coefficient (Wildman–Crippen LogP) is 3.29. The zero-order valence-electron chi connectivity index (χ0n) is 15.2. The summed E-state index contributed by atoms with van der Waals surface area (Å²) in [4.78, 5) is 43.7. The lowest BCUT2D eigenvalue weighted by Gasteiger charge is -2.31. The number of ketones is 1. The van der Waals surface area contributed by atoms with Crippen molar-refractivity contribution in [3.05, 3.63) is 46.2 Å². The molecule has 28 heavy (non-hydrogen) atoms. The second-order valence-electron chi connectivity index (χ2n) is 7.13. The van der Waals surface area contributed by atoms with Crippen molar-refractivity contribution in [2.75, 3.05) is 18.4 Å². The second kappa shape index (κ2) is 7.79. The van der Waals surface area contributed by atoms with Gasteiger partial charge < -0.3 is 10.2 Å². The van der Waals surface area contributed by atoms with Crippen molar-refractivity contribution in [1.82, 2.24) is 9.88 Å². The van der Waals surface area contributed by atoms with Crippen LogP contribution in [0.5, 0.6) is 0 Å². The first-order chi connectivity index (χ1) is 13.5. The maximum Gasteiger partial charge on any atom is 0.253 e. The number of halogens is 1. The number of Topliss-reactive ketones (excluding diaryl/α,β-unsaturated/α-hetero) is 1. The third-order valence-corrected chi connectivity index (χ3v) is 6.30. The number of rotatable bonds is 3. The van der Waals surface area contributed by atoms with Crippen molar-refractivity contribution < 1.29 is 18.8 Å². The lowest BCUT2D eigenvalue weighted by Crippen LogP contribution is -2.41. The molecule has 2 aromatic rings. The van der Waals surface area contributed by atoms with Gasteiger partial charge in [-0.1, -0.05) is 11.3 Å². The van der Waals surface area contributed by atoms with Crippen LogP contribution < -0.4 is 5.32 Å². The Labute approximate surface area is 165 Å². The molecule has 2 heterocycles. The first-order valence-electron chi connectivity index (χ1n) is 9.40. The van der Waals surface area contributed by atoms with Gasteiger partial charge in [0.1, 0.15) is 5.82 Å². The maximum atomic E-state index is 13.0. The summed E-state index contributed by atoms with van der Waals surface area (Å²) in [5.74, 6) is -0.740. The molecule has 1 aromatic heterocycles. The molecule has 0 unspecified atom stereocenters. The van der Waals surface area contributed by atoms with E-state index in [2.05, 4.69) is 10.3 Å². The molecule has 1 saturated heterocycles. The highest BCUT2D eigenvalue weighted by molar-refractivity contribution is 7.17. The number of aryl methyl sites for hydroxylation is 1. The lowest BCUT2D eigenvalue weighted by molar-refractivity contribution is -0.121. The SMILES string of the molecule is O=C1CCCc2nc(NC(=O)C3CCN(C(=O)c4ccc(F)cc4)CC3)sc21. The Hall–Kier alpha value is -2.61. The summed E-state index contributed by atoms with van der Waals surface area (Å²) in [7, 11) is 0. The van der Waals surface area contributed by atoms with Gasteiger partial charge in [-0.25, -0.2) is 9.37 Å². The summed E-state index contributed by atoms with van der Waals surface area (Å²) in [6.07, 6.45) is 3.25. The standard InChI is InChI=1S/C20H20FN3O3S/c21-14-6-4-13(5-7-14)19(27)24-10-8-12(9-11-24)18(26)23-20-22-15-2-1-3-16(25)17(15)28-20/h4-7,12H,1-3,8-11H2,(H,22,23,26). The van der Waals surface area contributed by atoms with Crippen LogP contribution in [0.3, 0.4) is 0 Å². The Kier molecular flexibility index (Phi) is 5.21. The molecule has 0 atom stereocenters. The van der Waals surface area contributed by atoms with E-state index in [1.165, 1.54) is 35.6 Å². The Morgan fingerprint density at radius 3 is 2.54 bits per heavy atom. The normalized spacial score (nSPS) is 17.3.